The smallest absolute Gasteiger partial charge is 0.309 e. The number of hydrogen-bond donors (Lipinski definition) is 0. The highest BCUT2D eigenvalue weighted by Crippen LogP contribution is 2.52. The number of nitrogens with zero attached hydrogens (tertiary/aromatic N) is 2. The van der Waals surface area contributed by atoms with Crippen molar-refractivity contribution in [3.8, 4) is 0 Å². The molecule has 5 atom stereocenters. The molecule has 3 aliphatic rings. The number of esters is 2. The first-order valence-corrected chi connectivity index (χ1v) is 17.5. The summed E-state index contributed by atoms with van der Waals surface area (Å²) in [7, 11) is 0. The number of piperidine rings is 2. The number of carbonyl (C=O) groups is 2. The lowest BCUT2D eigenvalue weighted by Gasteiger charge is -2.58. The van der Waals surface area contributed by atoms with E-state index in [9.17, 15) is 9.59 Å². The highest BCUT2D eigenvalue weighted by atomic mass is 16.7. The molecule has 0 radical (unpaired) electrons. The van der Waals surface area contributed by atoms with Gasteiger partial charge in [0, 0.05) is 42.3 Å². The van der Waals surface area contributed by atoms with Crippen molar-refractivity contribution in [2.24, 2.45) is 5.92 Å². The average molecular weight is 649 g/mol. The number of hydrogen-bond acceptors (Lipinski definition) is 8. The van der Waals surface area contributed by atoms with Crippen molar-refractivity contribution < 1.29 is 28.7 Å². The molecule has 47 heavy (non-hydrogen) atoms. The number of carbonyl (C=O) groups excluding carboxylic acids is 2. The van der Waals surface area contributed by atoms with Crippen LogP contribution < -0.4 is 0 Å². The summed E-state index contributed by atoms with van der Waals surface area (Å²) in [5.41, 5.74) is 1.91. The summed E-state index contributed by atoms with van der Waals surface area (Å²) in [5.74, 6) is -1.26. The molecule has 0 aromatic heterocycles. The fourth-order valence-electron chi connectivity index (χ4n) is 8.60. The van der Waals surface area contributed by atoms with Crippen molar-refractivity contribution in [2.75, 3.05) is 0 Å². The summed E-state index contributed by atoms with van der Waals surface area (Å²) in [6.45, 7) is 21.0. The molecule has 0 spiro atoms. The van der Waals surface area contributed by atoms with Crippen LogP contribution in [0.2, 0.25) is 0 Å². The minimum Gasteiger partial charge on any atom is -0.462 e. The Labute approximate surface area is 282 Å². The third kappa shape index (κ3) is 7.31. The van der Waals surface area contributed by atoms with Crippen molar-refractivity contribution in [1.82, 2.24) is 10.1 Å². The van der Waals surface area contributed by atoms with Crippen molar-refractivity contribution >= 4 is 11.9 Å². The van der Waals surface area contributed by atoms with Crippen LogP contribution in [0.3, 0.4) is 0 Å². The molecule has 2 aromatic carbocycles. The van der Waals surface area contributed by atoms with E-state index in [0.717, 1.165) is 11.1 Å². The van der Waals surface area contributed by atoms with Gasteiger partial charge in [-0.25, -0.2) is 0 Å². The Morgan fingerprint density at radius 3 is 2.04 bits per heavy atom. The van der Waals surface area contributed by atoms with Gasteiger partial charge in [-0.15, -0.1) is 0 Å². The highest BCUT2D eigenvalue weighted by Gasteiger charge is 2.55. The van der Waals surface area contributed by atoms with Gasteiger partial charge in [0.05, 0.1) is 17.9 Å². The van der Waals surface area contributed by atoms with E-state index in [-0.39, 0.29) is 59.4 Å². The van der Waals surface area contributed by atoms with E-state index in [2.05, 4.69) is 103 Å². The first-order chi connectivity index (χ1) is 22.0. The maximum Gasteiger partial charge on any atom is 0.309 e. The maximum absolute atomic E-state index is 13.5. The molecule has 5 rings (SSSR count). The van der Waals surface area contributed by atoms with Gasteiger partial charge < -0.3 is 9.47 Å². The molecule has 0 bridgehead atoms. The predicted octanol–water partition coefficient (Wildman–Crippen LogP) is 8.37. The second kappa shape index (κ2) is 13.3. The largest absolute Gasteiger partial charge is 0.462 e. The quantitative estimate of drug-likeness (QED) is 0.251. The van der Waals surface area contributed by atoms with E-state index in [1.807, 2.05) is 31.2 Å². The van der Waals surface area contributed by atoms with Crippen LogP contribution in [-0.2, 0) is 34.3 Å². The summed E-state index contributed by atoms with van der Waals surface area (Å²) < 4.78 is 12.3. The van der Waals surface area contributed by atoms with Gasteiger partial charge >= 0.3 is 11.9 Å². The number of rotatable bonds is 9. The lowest BCUT2D eigenvalue weighted by molar-refractivity contribution is -0.332. The molecule has 3 heterocycles. The average Bonchev–Trinajstić information content (AvgIpc) is 2.98. The number of fused-ring (bicyclic) bond motifs is 3. The molecule has 8 heteroatoms. The fourth-order valence-corrected chi connectivity index (χ4v) is 8.60. The van der Waals surface area contributed by atoms with Crippen molar-refractivity contribution in [3.63, 3.8) is 0 Å². The molecule has 3 aliphatic heterocycles. The normalized spacial score (nSPS) is 28.4. The van der Waals surface area contributed by atoms with Gasteiger partial charge in [-0.3, -0.25) is 19.3 Å². The molecule has 2 fully saturated rings. The van der Waals surface area contributed by atoms with E-state index in [4.69, 9.17) is 19.1 Å². The van der Waals surface area contributed by atoms with Gasteiger partial charge in [-0.2, -0.15) is 10.1 Å². The molecule has 0 aliphatic carbocycles. The minimum atomic E-state index is -0.565. The highest BCUT2D eigenvalue weighted by molar-refractivity contribution is 5.80. The first kappa shape index (κ1) is 35.5. The van der Waals surface area contributed by atoms with E-state index in [1.54, 1.807) is 0 Å². The molecule has 0 saturated carbocycles. The van der Waals surface area contributed by atoms with Gasteiger partial charge in [0.15, 0.2) is 0 Å². The van der Waals surface area contributed by atoms with E-state index < -0.39 is 11.5 Å². The van der Waals surface area contributed by atoms with Gasteiger partial charge in [0.25, 0.3) is 0 Å². The molecular formula is C39H56N2O6. The molecule has 0 N–H and O–H groups in total. The van der Waals surface area contributed by atoms with E-state index >= 15 is 0 Å². The summed E-state index contributed by atoms with van der Waals surface area (Å²) >= 11 is 0. The summed E-state index contributed by atoms with van der Waals surface area (Å²) in [6.07, 6.45) is 2.23. The van der Waals surface area contributed by atoms with Crippen LogP contribution >= 0.6 is 0 Å². The van der Waals surface area contributed by atoms with Crippen LogP contribution in [0.1, 0.15) is 137 Å². The predicted molar refractivity (Wildman–Crippen MR) is 182 cm³/mol. The lowest BCUT2D eigenvalue weighted by atomic mass is 9.73. The van der Waals surface area contributed by atoms with Gasteiger partial charge in [0.2, 0.25) is 0 Å². The van der Waals surface area contributed by atoms with Crippen LogP contribution in [-0.4, -0.2) is 50.9 Å². The molecule has 8 nitrogen and oxygen atoms in total. The van der Waals surface area contributed by atoms with E-state index in [1.165, 1.54) is 5.56 Å². The Bertz CT molecular complexity index is 1410. The zero-order valence-corrected chi connectivity index (χ0v) is 30.2. The zero-order chi connectivity index (χ0) is 34.4. The molecule has 2 aromatic rings. The molecular weight excluding hydrogens is 592 g/mol. The second-order valence-electron chi connectivity index (χ2n) is 16.1. The number of ether oxygens (including phenoxy) is 2. The Morgan fingerprint density at radius 1 is 0.830 bits per heavy atom. The van der Waals surface area contributed by atoms with Gasteiger partial charge in [0.1, 0.15) is 24.4 Å². The monoisotopic (exact) mass is 648 g/mol. The van der Waals surface area contributed by atoms with Crippen molar-refractivity contribution in [2.45, 2.75) is 154 Å². The molecule has 0 amide bonds. The Morgan fingerprint density at radius 2 is 1.40 bits per heavy atom. The van der Waals surface area contributed by atoms with E-state index in [0.29, 0.717) is 32.1 Å². The third-order valence-electron chi connectivity index (χ3n) is 10.5. The van der Waals surface area contributed by atoms with Gasteiger partial charge in [-0.1, -0.05) is 61.5 Å². The van der Waals surface area contributed by atoms with Crippen molar-refractivity contribution in [1.29, 1.82) is 0 Å². The Hall–Kier alpha value is -2.78. The maximum atomic E-state index is 13.5. The minimum absolute atomic E-state index is 0.000143. The van der Waals surface area contributed by atoms with Crippen LogP contribution in [0.25, 0.3) is 0 Å². The van der Waals surface area contributed by atoms with Crippen LogP contribution in [0.4, 0.5) is 0 Å². The van der Waals surface area contributed by atoms with Crippen LogP contribution in [0.5, 0.6) is 0 Å². The molecule has 5 unspecified atom stereocenters. The lowest BCUT2D eigenvalue weighted by Crippen LogP contribution is -2.63. The Kier molecular flexibility index (Phi) is 10.0. The second-order valence-corrected chi connectivity index (χ2v) is 16.1. The first-order valence-electron chi connectivity index (χ1n) is 17.5. The molecule has 2 saturated heterocycles. The zero-order valence-electron chi connectivity index (χ0n) is 30.2. The number of benzene rings is 2. The summed E-state index contributed by atoms with van der Waals surface area (Å²) in [4.78, 5) is 40.0. The van der Waals surface area contributed by atoms with Crippen LogP contribution in [0.15, 0.2) is 54.6 Å². The Balaban J connectivity index is 1.20. The summed E-state index contributed by atoms with van der Waals surface area (Å²) in [6, 6.07) is 18.6. The standard InChI is InChI=1S/C39H56N2O6/c1-11-28(35(43)45-30-22-36(4,5)40(37(6,7)23-30)46-26(2)29-17-13-12-14-18-29)21-34(42)44-31-24-38(8,9)41-39(10,25-31)33-20-16-15-19-32(33)27(3)47-41/h12-20,26-28,30-31H,11,21-25H2,1-10H3. The molecule has 258 valence electrons. The third-order valence-corrected chi connectivity index (χ3v) is 10.5. The van der Waals surface area contributed by atoms with Gasteiger partial charge in [-0.05, 0) is 85.4 Å². The SMILES string of the molecule is CCC(CC(=O)OC1CC(C)(C)N2OC(C)c3ccccc3C2(C)C1)C(=O)OC1CC(C)(C)N(OC(C)c2ccccc2)C(C)(C)C1. The fraction of sp³-hybridized carbons (Fsp3) is 0.641. The summed E-state index contributed by atoms with van der Waals surface area (Å²) in [5, 5.41) is 4.20. The number of hydroxylamine groups is 4. The van der Waals surface area contributed by atoms with Crippen molar-refractivity contribution in [3.05, 3.63) is 71.3 Å². The van der Waals surface area contributed by atoms with Crippen LogP contribution in [0, 0.1) is 5.92 Å². The topological polar surface area (TPSA) is 77.5 Å².